The van der Waals surface area contributed by atoms with Crippen LogP contribution in [0.15, 0.2) is 0 Å². The predicted octanol–water partition coefficient (Wildman–Crippen LogP) is 3.23. The summed E-state index contributed by atoms with van der Waals surface area (Å²) in [5, 5.41) is 3.42. The molecule has 0 bridgehead atoms. The number of carbonyl (C=O) groups excluding carboxylic acids is 1. The van der Waals surface area contributed by atoms with E-state index in [9.17, 15) is 4.79 Å². The second-order valence-electron chi connectivity index (χ2n) is 6.51. The molecule has 1 N–H and O–H groups in total. The topological polar surface area (TPSA) is 32.3 Å². The van der Waals surface area contributed by atoms with E-state index >= 15 is 0 Å². The maximum absolute atomic E-state index is 12.7. The minimum Gasteiger partial charge on any atom is -0.340 e. The third-order valence-electron chi connectivity index (χ3n) is 4.76. The van der Waals surface area contributed by atoms with Crippen LogP contribution < -0.4 is 5.32 Å². The molecule has 1 heterocycles. The van der Waals surface area contributed by atoms with Crippen molar-refractivity contribution in [2.75, 3.05) is 19.6 Å². The van der Waals surface area contributed by atoms with Gasteiger partial charge in [0.2, 0.25) is 5.91 Å². The van der Waals surface area contributed by atoms with Crippen LogP contribution in [0.5, 0.6) is 0 Å². The van der Waals surface area contributed by atoms with Gasteiger partial charge in [-0.1, -0.05) is 39.0 Å². The third kappa shape index (κ3) is 4.92. The van der Waals surface area contributed by atoms with E-state index in [1.165, 1.54) is 25.7 Å². The Morgan fingerprint density at radius 3 is 2.65 bits per heavy atom. The van der Waals surface area contributed by atoms with Gasteiger partial charge < -0.3 is 10.2 Å². The fourth-order valence-corrected chi connectivity index (χ4v) is 3.73. The summed E-state index contributed by atoms with van der Waals surface area (Å²) in [5.41, 5.74) is 0. The van der Waals surface area contributed by atoms with Crippen LogP contribution in [0.4, 0.5) is 0 Å². The quantitative estimate of drug-likeness (QED) is 0.845. The molecule has 0 spiro atoms. The number of rotatable bonds is 5. The average molecular weight is 303 g/mol. The van der Waals surface area contributed by atoms with Crippen LogP contribution in [0.3, 0.4) is 0 Å². The molecule has 2 fully saturated rings. The number of piperazine rings is 1. The van der Waals surface area contributed by atoms with E-state index in [0.29, 0.717) is 17.9 Å². The summed E-state index contributed by atoms with van der Waals surface area (Å²) in [7, 11) is 0. The van der Waals surface area contributed by atoms with E-state index in [1.807, 2.05) is 0 Å². The molecule has 118 valence electrons. The van der Waals surface area contributed by atoms with Crippen molar-refractivity contribution in [1.82, 2.24) is 10.2 Å². The standard InChI is InChI=1S/C16H30N2O.ClH/c1-3-6-15(11-14-7-4-5-8-14)16(19)18-10-9-17-13(2)12-18;/h13-15,17H,3-12H2,1-2H3;1H. The summed E-state index contributed by atoms with van der Waals surface area (Å²) in [4.78, 5) is 14.8. The van der Waals surface area contributed by atoms with Gasteiger partial charge in [0.1, 0.15) is 0 Å². The normalized spacial score (nSPS) is 25.3. The molecule has 1 saturated heterocycles. The Morgan fingerprint density at radius 1 is 1.35 bits per heavy atom. The first-order valence-electron chi connectivity index (χ1n) is 8.23. The fraction of sp³-hybridized carbons (Fsp3) is 0.938. The first kappa shape index (κ1) is 17.8. The van der Waals surface area contributed by atoms with Gasteiger partial charge in [0.15, 0.2) is 0 Å². The zero-order valence-corrected chi connectivity index (χ0v) is 13.9. The van der Waals surface area contributed by atoms with Gasteiger partial charge in [0.05, 0.1) is 0 Å². The molecule has 2 unspecified atom stereocenters. The summed E-state index contributed by atoms with van der Waals surface area (Å²) in [5.74, 6) is 1.54. The Labute approximate surface area is 130 Å². The van der Waals surface area contributed by atoms with Gasteiger partial charge >= 0.3 is 0 Å². The first-order chi connectivity index (χ1) is 9.20. The minimum atomic E-state index is 0. The number of nitrogens with one attached hydrogen (secondary N) is 1. The molecule has 0 aromatic heterocycles. The lowest BCUT2D eigenvalue weighted by atomic mass is 9.89. The molecule has 1 aliphatic carbocycles. The smallest absolute Gasteiger partial charge is 0.225 e. The number of amides is 1. The van der Waals surface area contributed by atoms with E-state index in [0.717, 1.165) is 44.8 Å². The Morgan fingerprint density at radius 2 is 2.05 bits per heavy atom. The van der Waals surface area contributed by atoms with Crippen molar-refractivity contribution < 1.29 is 4.79 Å². The van der Waals surface area contributed by atoms with Crippen molar-refractivity contribution in [3.8, 4) is 0 Å². The third-order valence-corrected chi connectivity index (χ3v) is 4.76. The van der Waals surface area contributed by atoms with Crippen LogP contribution in [0.1, 0.15) is 58.8 Å². The lowest BCUT2D eigenvalue weighted by molar-refractivity contribution is -0.137. The number of hydrogen-bond acceptors (Lipinski definition) is 2. The zero-order valence-electron chi connectivity index (χ0n) is 13.1. The van der Waals surface area contributed by atoms with Crippen molar-refractivity contribution in [2.45, 2.75) is 64.8 Å². The van der Waals surface area contributed by atoms with Crippen molar-refractivity contribution in [3.63, 3.8) is 0 Å². The number of hydrogen-bond donors (Lipinski definition) is 1. The first-order valence-corrected chi connectivity index (χ1v) is 8.23. The second kappa shape index (κ2) is 8.89. The van der Waals surface area contributed by atoms with Crippen molar-refractivity contribution >= 4 is 18.3 Å². The highest BCUT2D eigenvalue weighted by atomic mass is 35.5. The number of halogens is 1. The Hall–Kier alpha value is -0.280. The molecule has 0 radical (unpaired) electrons. The van der Waals surface area contributed by atoms with Gasteiger partial charge in [0, 0.05) is 31.6 Å². The lowest BCUT2D eigenvalue weighted by Crippen LogP contribution is -2.52. The molecule has 1 amide bonds. The maximum Gasteiger partial charge on any atom is 0.225 e. The van der Waals surface area contributed by atoms with Crippen molar-refractivity contribution in [1.29, 1.82) is 0 Å². The second-order valence-corrected chi connectivity index (χ2v) is 6.51. The summed E-state index contributed by atoms with van der Waals surface area (Å²) in [6, 6.07) is 0.450. The molecular weight excluding hydrogens is 272 g/mol. The van der Waals surface area contributed by atoms with E-state index in [-0.39, 0.29) is 12.4 Å². The largest absolute Gasteiger partial charge is 0.340 e. The van der Waals surface area contributed by atoms with Gasteiger partial charge in [0.25, 0.3) is 0 Å². The molecule has 20 heavy (non-hydrogen) atoms. The van der Waals surface area contributed by atoms with Gasteiger partial charge in [-0.2, -0.15) is 0 Å². The van der Waals surface area contributed by atoms with Crippen LogP contribution in [-0.4, -0.2) is 36.5 Å². The van der Waals surface area contributed by atoms with Crippen molar-refractivity contribution in [3.05, 3.63) is 0 Å². The number of nitrogens with zero attached hydrogens (tertiary/aromatic N) is 1. The molecular formula is C16H31ClN2O. The van der Waals surface area contributed by atoms with Gasteiger partial charge in [-0.05, 0) is 25.7 Å². The number of carbonyl (C=O) groups is 1. The Balaban J connectivity index is 0.00000200. The van der Waals surface area contributed by atoms with Crippen molar-refractivity contribution in [2.24, 2.45) is 11.8 Å². The summed E-state index contributed by atoms with van der Waals surface area (Å²) in [6.45, 7) is 7.12. The zero-order chi connectivity index (χ0) is 13.7. The fourth-order valence-electron chi connectivity index (χ4n) is 3.73. The van der Waals surface area contributed by atoms with E-state index < -0.39 is 0 Å². The summed E-state index contributed by atoms with van der Waals surface area (Å²) in [6.07, 6.45) is 8.81. The lowest BCUT2D eigenvalue weighted by Gasteiger charge is -2.35. The molecule has 2 rings (SSSR count). The van der Waals surface area contributed by atoms with Crippen LogP contribution in [0.25, 0.3) is 0 Å². The SMILES string of the molecule is CCCC(CC1CCCC1)C(=O)N1CCNC(C)C1.Cl. The maximum atomic E-state index is 12.7. The van der Waals surface area contributed by atoms with Gasteiger partial charge in [-0.25, -0.2) is 0 Å². The summed E-state index contributed by atoms with van der Waals surface area (Å²) < 4.78 is 0. The van der Waals surface area contributed by atoms with Crippen LogP contribution in [0.2, 0.25) is 0 Å². The average Bonchev–Trinajstić information content (AvgIpc) is 2.90. The highest BCUT2D eigenvalue weighted by Gasteiger charge is 2.29. The molecule has 1 aliphatic heterocycles. The van der Waals surface area contributed by atoms with E-state index in [2.05, 4.69) is 24.1 Å². The molecule has 0 aromatic carbocycles. The van der Waals surface area contributed by atoms with Crippen LogP contribution in [-0.2, 0) is 4.79 Å². The molecule has 2 aliphatic rings. The minimum absolute atomic E-state index is 0. The monoisotopic (exact) mass is 302 g/mol. The Bertz CT molecular complexity index is 292. The highest BCUT2D eigenvalue weighted by Crippen LogP contribution is 2.32. The summed E-state index contributed by atoms with van der Waals surface area (Å²) >= 11 is 0. The molecule has 3 nitrogen and oxygen atoms in total. The molecule has 1 saturated carbocycles. The van der Waals surface area contributed by atoms with Crippen LogP contribution in [0, 0.1) is 11.8 Å². The highest BCUT2D eigenvalue weighted by molar-refractivity contribution is 5.85. The van der Waals surface area contributed by atoms with E-state index in [1.54, 1.807) is 0 Å². The van der Waals surface area contributed by atoms with Gasteiger partial charge in [-0.15, -0.1) is 12.4 Å². The van der Waals surface area contributed by atoms with Gasteiger partial charge in [-0.3, -0.25) is 4.79 Å². The van der Waals surface area contributed by atoms with Crippen LogP contribution >= 0.6 is 12.4 Å². The molecule has 4 heteroatoms. The molecule has 2 atom stereocenters. The predicted molar refractivity (Wildman–Crippen MR) is 86.3 cm³/mol. The van der Waals surface area contributed by atoms with E-state index in [4.69, 9.17) is 0 Å². The Kier molecular flexibility index (Phi) is 7.90. The molecule has 0 aromatic rings.